The fourth-order valence-corrected chi connectivity index (χ4v) is 2.57. The summed E-state index contributed by atoms with van der Waals surface area (Å²) in [7, 11) is 1.54. The van der Waals surface area contributed by atoms with Gasteiger partial charge in [0.1, 0.15) is 5.75 Å². The third-order valence-electron chi connectivity index (χ3n) is 4.06. The predicted octanol–water partition coefficient (Wildman–Crippen LogP) is 2.47. The molecule has 0 aliphatic carbocycles. The van der Waals surface area contributed by atoms with Gasteiger partial charge in [-0.15, -0.1) is 0 Å². The van der Waals surface area contributed by atoms with Gasteiger partial charge in [0.25, 0.3) is 0 Å². The number of hydrogen-bond acceptors (Lipinski definition) is 4. The van der Waals surface area contributed by atoms with E-state index in [4.69, 9.17) is 4.74 Å². The van der Waals surface area contributed by atoms with Crippen LogP contribution in [0.1, 0.15) is 45.6 Å². The van der Waals surface area contributed by atoms with Crippen LogP contribution in [0.15, 0.2) is 18.2 Å². The van der Waals surface area contributed by atoms with Gasteiger partial charge in [0.15, 0.2) is 0 Å². The van der Waals surface area contributed by atoms with Gasteiger partial charge < -0.3 is 10.1 Å². The summed E-state index contributed by atoms with van der Waals surface area (Å²) in [5.74, 6) is -0.100. The standard InChI is InChI=1S/C18H24N2O4/c1-18(2,3)12-5-6-14(24-4)13(11-12)19-15(21)9-10-20-16(22)7-8-17(20)23/h5-6,11H,7-10H2,1-4H3,(H,19,21). The van der Waals surface area contributed by atoms with Crippen LogP contribution in [0.4, 0.5) is 5.69 Å². The van der Waals surface area contributed by atoms with Crippen molar-refractivity contribution in [3.8, 4) is 5.75 Å². The zero-order chi connectivity index (χ0) is 17.9. The second-order valence-electron chi connectivity index (χ2n) is 6.90. The Morgan fingerprint density at radius 2 is 1.83 bits per heavy atom. The number of amides is 3. The third kappa shape index (κ3) is 4.13. The SMILES string of the molecule is COc1ccc(C(C)(C)C)cc1NC(=O)CCN1C(=O)CCC1=O. The molecule has 0 unspecified atom stereocenters. The summed E-state index contributed by atoms with van der Waals surface area (Å²) in [6.45, 7) is 6.38. The van der Waals surface area contributed by atoms with Crippen molar-refractivity contribution in [2.45, 2.75) is 45.4 Å². The summed E-state index contributed by atoms with van der Waals surface area (Å²) in [6.07, 6.45) is 0.546. The molecule has 0 saturated carbocycles. The number of benzene rings is 1. The zero-order valence-corrected chi connectivity index (χ0v) is 14.6. The van der Waals surface area contributed by atoms with E-state index < -0.39 is 0 Å². The summed E-state index contributed by atoms with van der Waals surface area (Å²) in [5, 5.41) is 2.81. The summed E-state index contributed by atoms with van der Waals surface area (Å²) in [6, 6.07) is 5.68. The predicted molar refractivity (Wildman–Crippen MR) is 90.9 cm³/mol. The number of hydrogen-bond donors (Lipinski definition) is 1. The Kier molecular flexibility index (Phi) is 5.26. The molecule has 6 nitrogen and oxygen atoms in total. The van der Waals surface area contributed by atoms with Crippen molar-refractivity contribution >= 4 is 23.4 Å². The Bertz CT molecular complexity index is 645. The number of nitrogens with one attached hydrogen (secondary N) is 1. The molecule has 24 heavy (non-hydrogen) atoms. The molecule has 0 radical (unpaired) electrons. The van der Waals surface area contributed by atoms with Gasteiger partial charge >= 0.3 is 0 Å². The molecule has 6 heteroatoms. The smallest absolute Gasteiger partial charge is 0.229 e. The van der Waals surface area contributed by atoms with Crippen LogP contribution in [-0.4, -0.2) is 36.3 Å². The summed E-state index contributed by atoms with van der Waals surface area (Å²) >= 11 is 0. The van der Waals surface area contributed by atoms with Crippen LogP contribution >= 0.6 is 0 Å². The third-order valence-corrected chi connectivity index (χ3v) is 4.06. The van der Waals surface area contributed by atoms with E-state index in [0.717, 1.165) is 10.5 Å². The summed E-state index contributed by atoms with van der Waals surface area (Å²) < 4.78 is 5.29. The highest BCUT2D eigenvalue weighted by molar-refractivity contribution is 6.02. The maximum absolute atomic E-state index is 12.2. The topological polar surface area (TPSA) is 75.7 Å². The van der Waals surface area contributed by atoms with Crippen molar-refractivity contribution in [3.63, 3.8) is 0 Å². The molecule has 130 valence electrons. The van der Waals surface area contributed by atoms with Crippen LogP contribution in [0.2, 0.25) is 0 Å². The van der Waals surface area contributed by atoms with Crippen LogP contribution in [0.25, 0.3) is 0 Å². The first-order valence-corrected chi connectivity index (χ1v) is 8.04. The van der Waals surface area contributed by atoms with Crippen LogP contribution in [0.3, 0.4) is 0 Å². The minimum absolute atomic E-state index is 0.0554. The Hall–Kier alpha value is -2.37. The number of carbonyl (C=O) groups is 3. The van der Waals surface area contributed by atoms with E-state index in [-0.39, 0.29) is 48.9 Å². The van der Waals surface area contributed by atoms with E-state index in [9.17, 15) is 14.4 Å². The average molecular weight is 332 g/mol. The van der Waals surface area contributed by atoms with Crippen LogP contribution in [-0.2, 0) is 19.8 Å². The molecule has 1 aromatic carbocycles. The number of nitrogens with zero attached hydrogens (tertiary/aromatic N) is 1. The van der Waals surface area contributed by atoms with Crippen molar-refractivity contribution in [2.24, 2.45) is 0 Å². The Labute approximate surface area is 142 Å². The van der Waals surface area contributed by atoms with E-state index in [2.05, 4.69) is 26.1 Å². The van der Waals surface area contributed by atoms with Crippen molar-refractivity contribution in [3.05, 3.63) is 23.8 Å². The molecular formula is C18H24N2O4. The van der Waals surface area contributed by atoms with E-state index in [1.54, 1.807) is 7.11 Å². The van der Waals surface area contributed by atoms with E-state index in [1.165, 1.54) is 0 Å². The maximum atomic E-state index is 12.2. The molecule has 2 rings (SSSR count). The van der Waals surface area contributed by atoms with Crippen molar-refractivity contribution in [1.29, 1.82) is 0 Å². The van der Waals surface area contributed by atoms with Gasteiger partial charge in [0.05, 0.1) is 12.8 Å². The van der Waals surface area contributed by atoms with Gasteiger partial charge in [0, 0.05) is 25.8 Å². The highest BCUT2D eigenvalue weighted by atomic mass is 16.5. The number of methoxy groups -OCH3 is 1. The average Bonchev–Trinajstić information content (AvgIpc) is 2.83. The maximum Gasteiger partial charge on any atom is 0.229 e. The molecule has 0 bridgehead atoms. The molecule has 1 saturated heterocycles. The van der Waals surface area contributed by atoms with Gasteiger partial charge in [-0.05, 0) is 23.1 Å². The molecule has 1 N–H and O–H groups in total. The number of anilines is 1. The lowest BCUT2D eigenvalue weighted by Gasteiger charge is -2.21. The normalized spacial score (nSPS) is 14.9. The molecule has 1 fully saturated rings. The molecule has 0 aromatic heterocycles. The molecule has 0 atom stereocenters. The lowest BCUT2D eigenvalue weighted by Crippen LogP contribution is -2.32. The highest BCUT2D eigenvalue weighted by Crippen LogP contribution is 2.31. The number of imide groups is 1. The first-order chi connectivity index (χ1) is 11.2. The molecular weight excluding hydrogens is 308 g/mol. The molecule has 1 heterocycles. The summed E-state index contributed by atoms with van der Waals surface area (Å²) in [4.78, 5) is 36.5. The Morgan fingerprint density at radius 3 is 2.38 bits per heavy atom. The molecule has 3 amide bonds. The fourth-order valence-electron chi connectivity index (χ4n) is 2.57. The van der Waals surface area contributed by atoms with Gasteiger partial charge in [-0.25, -0.2) is 0 Å². The van der Waals surface area contributed by atoms with E-state index in [1.807, 2.05) is 18.2 Å². The van der Waals surface area contributed by atoms with Gasteiger partial charge in [-0.3, -0.25) is 19.3 Å². The quantitative estimate of drug-likeness (QED) is 0.841. The second-order valence-corrected chi connectivity index (χ2v) is 6.90. The van der Waals surface area contributed by atoms with Crippen molar-refractivity contribution in [2.75, 3.05) is 19.0 Å². The minimum Gasteiger partial charge on any atom is -0.495 e. The first-order valence-electron chi connectivity index (χ1n) is 8.04. The molecule has 1 aromatic rings. The summed E-state index contributed by atoms with van der Waals surface area (Å²) in [5.41, 5.74) is 1.61. The number of carbonyl (C=O) groups excluding carboxylic acids is 3. The number of rotatable bonds is 5. The number of ether oxygens (including phenoxy) is 1. The first kappa shape index (κ1) is 18.0. The lowest BCUT2D eigenvalue weighted by atomic mass is 9.87. The van der Waals surface area contributed by atoms with E-state index in [0.29, 0.717) is 11.4 Å². The molecule has 1 aliphatic heterocycles. The lowest BCUT2D eigenvalue weighted by molar-refractivity contribution is -0.138. The van der Waals surface area contributed by atoms with Crippen LogP contribution < -0.4 is 10.1 Å². The highest BCUT2D eigenvalue weighted by Gasteiger charge is 2.28. The minimum atomic E-state index is -0.258. The van der Waals surface area contributed by atoms with Gasteiger partial charge in [-0.1, -0.05) is 26.8 Å². The largest absolute Gasteiger partial charge is 0.495 e. The molecule has 0 spiro atoms. The Balaban J connectivity index is 2.05. The van der Waals surface area contributed by atoms with Crippen molar-refractivity contribution in [1.82, 2.24) is 4.90 Å². The fraction of sp³-hybridized carbons (Fsp3) is 0.500. The van der Waals surface area contributed by atoms with Crippen molar-refractivity contribution < 1.29 is 19.1 Å². The molecule has 1 aliphatic rings. The Morgan fingerprint density at radius 1 is 1.21 bits per heavy atom. The number of likely N-dealkylation sites (tertiary alicyclic amines) is 1. The van der Waals surface area contributed by atoms with E-state index >= 15 is 0 Å². The van der Waals surface area contributed by atoms with Gasteiger partial charge in [0.2, 0.25) is 17.7 Å². The van der Waals surface area contributed by atoms with Crippen LogP contribution in [0.5, 0.6) is 5.75 Å². The second kappa shape index (κ2) is 7.03. The monoisotopic (exact) mass is 332 g/mol. The van der Waals surface area contributed by atoms with Crippen LogP contribution in [0, 0.1) is 0 Å². The zero-order valence-electron chi connectivity index (χ0n) is 14.6. The van der Waals surface area contributed by atoms with Gasteiger partial charge in [-0.2, -0.15) is 0 Å².